The van der Waals surface area contributed by atoms with E-state index < -0.39 is 5.60 Å². The molecular formula is C16H24N2O. The molecule has 1 aromatic carbocycles. The summed E-state index contributed by atoms with van der Waals surface area (Å²) in [6.07, 6.45) is 5.83. The molecule has 1 unspecified atom stereocenters. The Kier molecular flexibility index (Phi) is 3.50. The molecule has 1 atom stereocenters. The number of anilines is 1. The van der Waals surface area contributed by atoms with Gasteiger partial charge in [0.05, 0.1) is 5.60 Å². The van der Waals surface area contributed by atoms with Crippen molar-refractivity contribution in [1.29, 1.82) is 0 Å². The lowest BCUT2D eigenvalue weighted by Gasteiger charge is -2.35. The number of benzene rings is 1. The van der Waals surface area contributed by atoms with Gasteiger partial charge < -0.3 is 15.7 Å². The summed E-state index contributed by atoms with van der Waals surface area (Å²) in [4.78, 5) is 2.35. The lowest BCUT2D eigenvalue weighted by atomic mass is 9.96. The molecule has 1 heterocycles. The molecule has 0 spiro atoms. The molecule has 1 aromatic rings. The first-order chi connectivity index (χ1) is 9.23. The Hall–Kier alpha value is -1.06. The third-order valence-corrected chi connectivity index (χ3v) is 4.61. The zero-order chi connectivity index (χ0) is 13.3. The number of fused-ring (bicyclic) bond motifs is 1. The van der Waals surface area contributed by atoms with Gasteiger partial charge in [-0.2, -0.15) is 0 Å². The van der Waals surface area contributed by atoms with Gasteiger partial charge in [-0.25, -0.2) is 0 Å². The minimum atomic E-state index is -0.697. The van der Waals surface area contributed by atoms with Gasteiger partial charge in [-0.15, -0.1) is 0 Å². The third-order valence-electron chi connectivity index (χ3n) is 4.61. The van der Waals surface area contributed by atoms with E-state index in [4.69, 9.17) is 5.73 Å². The number of nitrogens with two attached hydrogens (primary N) is 1. The fourth-order valence-corrected chi connectivity index (χ4v) is 3.25. The first-order valence-electron chi connectivity index (χ1n) is 7.48. The standard InChI is InChI=1S/C16H24N2O/c17-11-16(19,14-8-9-14)12-18-10-4-3-6-13-5-1-2-7-15(13)18/h1-2,5,7,14,19H,3-4,6,8-12,17H2. The molecule has 3 rings (SSSR count). The van der Waals surface area contributed by atoms with Crippen molar-refractivity contribution in [1.82, 2.24) is 0 Å². The van der Waals surface area contributed by atoms with Gasteiger partial charge in [-0.1, -0.05) is 18.2 Å². The lowest BCUT2D eigenvalue weighted by Crippen LogP contribution is -2.50. The first-order valence-corrected chi connectivity index (χ1v) is 7.48. The van der Waals surface area contributed by atoms with E-state index in [9.17, 15) is 5.11 Å². The highest BCUT2D eigenvalue weighted by Gasteiger charge is 2.44. The van der Waals surface area contributed by atoms with E-state index in [0.717, 1.165) is 25.8 Å². The fraction of sp³-hybridized carbons (Fsp3) is 0.625. The van der Waals surface area contributed by atoms with Crippen molar-refractivity contribution in [3.63, 3.8) is 0 Å². The van der Waals surface area contributed by atoms with Crippen molar-refractivity contribution in [2.24, 2.45) is 11.7 Å². The van der Waals surface area contributed by atoms with E-state index in [-0.39, 0.29) is 0 Å². The molecule has 3 heteroatoms. The lowest BCUT2D eigenvalue weighted by molar-refractivity contribution is 0.0334. The SMILES string of the molecule is NCC(O)(CN1CCCCc2ccccc21)C1CC1. The van der Waals surface area contributed by atoms with Gasteiger partial charge in [0.15, 0.2) is 0 Å². The second kappa shape index (κ2) is 5.14. The van der Waals surface area contributed by atoms with Crippen molar-refractivity contribution in [2.45, 2.75) is 37.7 Å². The van der Waals surface area contributed by atoms with E-state index >= 15 is 0 Å². The average molecular weight is 260 g/mol. The molecule has 0 saturated heterocycles. The Morgan fingerprint density at radius 3 is 2.79 bits per heavy atom. The molecule has 0 aromatic heterocycles. The number of nitrogens with zero attached hydrogens (tertiary/aromatic N) is 1. The molecule has 104 valence electrons. The number of para-hydroxylation sites is 1. The van der Waals surface area contributed by atoms with Gasteiger partial charge in [-0.3, -0.25) is 0 Å². The van der Waals surface area contributed by atoms with Gasteiger partial charge in [0.2, 0.25) is 0 Å². The Labute approximate surface area is 115 Å². The molecule has 3 N–H and O–H groups in total. The van der Waals surface area contributed by atoms with Crippen LogP contribution < -0.4 is 10.6 Å². The summed E-state index contributed by atoms with van der Waals surface area (Å²) in [5.74, 6) is 0.410. The highest BCUT2D eigenvalue weighted by atomic mass is 16.3. The summed E-state index contributed by atoms with van der Waals surface area (Å²) in [6.45, 7) is 2.09. The van der Waals surface area contributed by atoms with E-state index in [1.165, 1.54) is 24.1 Å². The Morgan fingerprint density at radius 2 is 2.05 bits per heavy atom. The number of β-amino-alcohol motifs (C(OH)–C–C–N with tert-alkyl or cyclic N) is 1. The number of rotatable bonds is 4. The van der Waals surface area contributed by atoms with E-state index in [1.54, 1.807) is 0 Å². The molecule has 1 fully saturated rings. The van der Waals surface area contributed by atoms with Crippen LogP contribution in [0.15, 0.2) is 24.3 Å². The summed E-state index contributed by atoms with van der Waals surface area (Å²) in [5.41, 5.74) is 7.86. The Balaban J connectivity index is 1.83. The number of hydrogen-bond donors (Lipinski definition) is 2. The van der Waals surface area contributed by atoms with Gasteiger partial charge in [0, 0.05) is 25.3 Å². The smallest absolute Gasteiger partial charge is 0.0970 e. The Bertz CT molecular complexity index is 444. The second-order valence-electron chi connectivity index (χ2n) is 6.09. The summed E-state index contributed by atoms with van der Waals surface area (Å²) in [6, 6.07) is 8.60. The van der Waals surface area contributed by atoms with Crippen LogP contribution in [0.25, 0.3) is 0 Å². The van der Waals surface area contributed by atoms with Crippen LogP contribution in [0.5, 0.6) is 0 Å². The highest BCUT2D eigenvalue weighted by molar-refractivity contribution is 5.54. The monoisotopic (exact) mass is 260 g/mol. The minimum Gasteiger partial charge on any atom is -0.386 e. The maximum absolute atomic E-state index is 10.8. The van der Waals surface area contributed by atoms with Gasteiger partial charge in [0.1, 0.15) is 0 Å². The predicted octanol–water partition coefficient (Wildman–Crippen LogP) is 1.93. The topological polar surface area (TPSA) is 49.5 Å². The van der Waals surface area contributed by atoms with Gasteiger partial charge in [0.25, 0.3) is 0 Å². The quantitative estimate of drug-likeness (QED) is 0.869. The highest BCUT2D eigenvalue weighted by Crippen LogP contribution is 2.40. The molecule has 0 amide bonds. The number of hydrogen-bond acceptors (Lipinski definition) is 3. The average Bonchev–Trinajstić information content (AvgIpc) is 3.26. The first kappa shape index (κ1) is 12.9. The third kappa shape index (κ3) is 2.63. The van der Waals surface area contributed by atoms with Crippen molar-refractivity contribution < 1.29 is 5.11 Å². The van der Waals surface area contributed by atoms with Crippen molar-refractivity contribution in [3.8, 4) is 0 Å². The fourth-order valence-electron chi connectivity index (χ4n) is 3.25. The molecule has 1 aliphatic carbocycles. The van der Waals surface area contributed by atoms with Crippen LogP contribution in [-0.4, -0.2) is 30.3 Å². The molecule has 3 nitrogen and oxygen atoms in total. The molecule has 2 aliphatic rings. The molecular weight excluding hydrogens is 236 g/mol. The second-order valence-corrected chi connectivity index (χ2v) is 6.09. The van der Waals surface area contributed by atoms with E-state index in [1.807, 2.05) is 0 Å². The van der Waals surface area contributed by atoms with Crippen molar-refractivity contribution in [2.75, 3.05) is 24.5 Å². The van der Waals surface area contributed by atoms with Crippen molar-refractivity contribution in [3.05, 3.63) is 29.8 Å². The summed E-state index contributed by atoms with van der Waals surface area (Å²) in [5, 5.41) is 10.8. The normalized spacial score (nSPS) is 22.5. The molecule has 0 radical (unpaired) electrons. The largest absolute Gasteiger partial charge is 0.386 e. The van der Waals surface area contributed by atoms with Crippen molar-refractivity contribution >= 4 is 5.69 Å². The molecule has 1 aliphatic heterocycles. The maximum atomic E-state index is 10.8. The summed E-state index contributed by atoms with van der Waals surface area (Å²) < 4.78 is 0. The van der Waals surface area contributed by atoms with Gasteiger partial charge >= 0.3 is 0 Å². The van der Waals surface area contributed by atoms with Crippen LogP contribution in [0.1, 0.15) is 31.2 Å². The Morgan fingerprint density at radius 1 is 1.26 bits per heavy atom. The molecule has 1 saturated carbocycles. The zero-order valence-electron chi connectivity index (χ0n) is 11.5. The summed E-state index contributed by atoms with van der Waals surface area (Å²) >= 11 is 0. The van der Waals surface area contributed by atoms with Crippen LogP contribution >= 0.6 is 0 Å². The van der Waals surface area contributed by atoms with E-state index in [2.05, 4.69) is 29.2 Å². The summed E-state index contributed by atoms with van der Waals surface area (Å²) in [7, 11) is 0. The van der Waals surface area contributed by atoms with Crippen LogP contribution in [0.4, 0.5) is 5.69 Å². The maximum Gasteiger partial charge on any atom is 0.0970 e. The van der Waals surface area contributed by atoms with Crippen LogP contribution in [-0.2, 0) is 6.42 Å². The minimum absolute atomic E-state index is 0.371. The zero-order valence-corrected chi connectivity index (χ0v) is 11.5. The molecule has 0 bridgehead atoms. The molecule has 19 heavy (non-hydrogen) atoms. The predicted molar refractivity (Wildman–Crippen MR) is 78.3 cm³/mol. The van der Waals surface area contributed by atoms with Crippen LogP contribution in [0, 0.1) is 5.92 Å². The van der Waals surface area contributed by atoms with Gasteiger partial charge in [-0.05, 0) is 49.7 Å². The van der Waals surface area contributed by atoms with Crippen LogP contribution in [0.2, 0.25) is 0 Å². The number of aryl methyl sites for hydroxylation is 1. The van der Waals surface area contributed by atoms with E-state index in [0.29, 0.717) is 19.0 Å². The van der Waals surface area contributed by atoms with Crippen LogP contribution in [0.3, 0.4) is 0 Å². The number of aliphatic hydroxyl groups is 1.